The molecule has 3 nitrogen and oxygen atoms in total. The van der Waals surface area contributed by atoms with Crippen LogP contribution in [0.15, 0.2) is 29.2 Å². The van der Waals surface area contributed by atoms with Gasteiger partial charge in [0.15, 0.2) is 0 Å². The van der Waals surface area contributed by atoms with E-state index in [2.05, 4.69) is 5.87 Å². The van der Waals surface area contributed by atoms with Gasteiger partial charge in [-0.15, -0.1) is 0 Å². The molecule has 0 aliphatic carbocycles. The van der Waals surface area contributed by atoms with E-state index in [0.29, 0.717) is 10.6 Å². The molecule has 1 unspecified atom stereocenters. The first kappa shape index (κ1) is 8.10. The van der Waals surface area contributed by atoms with E-state index in [4.69, 9.17) is 10.9 Å². The number of para-hydroxylation sites is 1. The third-order valence-electron chi connectivity index (χ3n) is 1.29. The zero-order chi connectivity index (χ0) is 8.48. The predicted molar refractivity (Wildman–Crippen MR) is 48.6 cm³/mol. The van der Waals surface area contributed by atoms with Gasteiger partial charge in [-0.3, -0.25) is 5.14 Å². The van der Waals surface area contributed by atoms with Crippen molar-refractivity contribution in [3.63, 3.8) is 0 Å². The van der Waals surface area contributed by atoms with Crippen LogP contribution in [0.25, 0.3) is 0 Å². The maximum absolute atomic E-state index is 11.2. The standard InChI is InChI=1S/C7H10N2OS/c1-11(9,10)7-5-3-2-4-6(7)8/h2-5H,1,8H2,(H2,9,10). The van der Waals surface area contributed by atoms with E-state index < -0.39 is 9.71 Å². The quantitative estimate of drug-likeness (QED) is 0.467. The molecule has 60 valence electrons. The highest BCUT2D eigenvalue weighted by Gasteiger charge is 2.03. The largest absolute Gasteiger partial charge is 0.398 e. The van der Waals surface area contributed by atoms with Gasteiger partial charge in [0.2, 0.25) is 0 Å². The van der Waals surface area contributed by atoms with Gasteiger partial charge in [0.25, 0.3) is 0 Å². The molecular formula is C7H10N2OS. The van der Waals surface area contributed by atoms with Crippen LogP contribution in [-0.2, 0) is 9.71 Å². The van der Waals surface area contributed by atoms with Crippen LogP contribution in [0.3, 0.4) is 0 Å². The number of rotatable bonds is 1. The summed E-state index contributed by atoms with van der Waals surface area (Å²) in [4.78, 5) is 0.417. The minimum Gasteiger partial charge on any atom is -0.398 e. The Morgan fingerprint density at radius 3 is 2.27 bits per heavy atom. The van der Waals surface area contributed by atoms with E-state index >= 15 is 0 Å². The molecule has 0 radical (unpaired) electrons. The second-order valence-electron chi connectivity index (χ2n) is 2.26. The molecule has 1 aromatic carbocycles. The Kier molecular flexibility index (Phi) is 1.89. The Hall–Kier alpha value is -1.00. The SMILES string of the molecule is C=S(N)(=O)c1ccccc1N. The maximum Gasteiger partial charge on any atom is 0.0671 e. The molecule has 4 N–H and O–H groups in total. The third-order valence-corrected chi connectivity index (χ3v) is 2.41. The molecule has 0 fully saturated rings. The summed E-state index contributed by atoms with van der Waals surface area (Å²) in [5.74, 6) is 3.33. The number of hydrogen-bond donors (Lipinski definition) is 2. The fraction of sp³-hybridized carbons (Fsp3) is 0. The zero-order valence-corrected chi connectivity index (χ0v) is 6.80. The van der Waals surface area contributed by atoms with Gasteiger partial charge in [0.05, 0.1) is 14.6 Å². The van der Waals surface area contributed by atoms with Crippen LogP contribution >= 0.6 is 0 Å². The molecule has 0 saturated heterocycles. The van der Waals surface area contributed by atoms with Crippen molar-refractivity contribution >= 4 is 21.3 Å². The monoisotopic (exact) mass is 170 g/mol. The van der Waals surface area contributed by atoms with E-state index in [9.17, 15) is 4.21 Å². The molecule has 11 heavy (non-hydrogen) atoms. The summed E-state index contributed by atoms with van der Waals surface area (Å²) in [6.45, 7) is 0. The van der Waals surface area contributed by atoms with Gasteiger partial charge in [-0.1, -0.05) is 12.1 Å². The lowest BCUT2D eigenvalue weighted by Gasteiger charge is -2.04. The minimum atomic E-state index is -2.66. The van der Waals surface area contributed by atoms with Crippen molar-refractivity contribution in [2.75, 3.05) is 5.73 Å². The summed E-state index contributed by atoms with van der Waals surface area (Å²) in [6, 6.07) is 6.74. The van der Waals surface area contributed by atoms with Gasteiger partial charge in [-0.05, 0) is 18.0 Å². The number of nitrogen functional groups attached to an aromatic ring is 1. The minimum absolute atomic E-state index is 0.417. The number of hydrogen-bond acceptors (Lipinski definition) is 2. The Morgan fingerprint density at radius 1 is 1.36 bits per heavy atom. The maximum atomic E-state index is 11.2. The van der Waals surface area contributed by atoms with Gasteiger partial charge in [-0.25, -0.2) is 4.21 Å². The van der Waals surface area contributed by atoms with Crippen molar-refractivity contribution < 1.29 is 4.21 Å². The molecule has 0 heterocycles. The lowest BCUT2D eigenvalue weighted by molar-refractivity contribution is 0.682. The van der Waals surface area contributed by atoms with E-state index in [0.717, 1.165) is 0 Å². The van der Waals surface area contributed by atoms with Crippen LogP contribution in [0, 0.1) is 0 Å². The highest BCUT2D eigenvalue weighted by molar-refractivity contribution is 7.98. The summed E-state index contributed by atoms with van der Waals surface area (Å²) < 4.78 is 11.2. The predicted octanol–water partition coefficient (Wildman–Crippen LogP) is 0.218. The molecule has 4 heteroatoms. The first-order valence-electron chi connectivity index (χ1n) is 3.01. The van der Waals surface area contributed by atoms with Crippen LogP contribution in [-0.4, -0.2) is 10.1 Å². The molecule has 1 rings (SSSR count). The van der Waals surface area contributed by atoms with Crippen molar-refractivity contribution in [2.45, 2.75) is 4.90 Å². The summed E-state index contributed by atoms with van der Waals surface area (Å²) in [6.07, 6.45) is 0. The Labute approximate surface area is 66.2 Å². The first-order valence-corrected chi connectivity index (χ1v) is 4.80. The Bertz CT molecular complexity index is 356. The Balaban J connectivity index is 3.37. The first-order chi connectivity index (χ1) is 5.02. The van der Waals surface area contributed by atoms with Gasteiger partial charge in [0, 0.05) is 5.69 Å². The summed E-state index contributed by atoms with van der Waals surface area (Å²) in [5, 5.41) is 5.29. The molecule has 0 spiro atoms. The molecular weight excluding hydrogens is 160 g/mol. The van der Waals surface area contributed by atoms with Crippen molar-refractivity contribution in [3.05, 3.63) is 24.3 Å². The molecule has 0 amide bonds. The van der Waals surface area contributed by atoms with Gasteiger partial charge >= 0.3 is 0 Å². The van der Waals surface area contributed by atoms with Crippen molar-refractivity contribution in [1.29, 1.82) is 0 Å². The molecule has 0 saturated carbocycles. The van der Waals surface area contributed by atoms with Crippen LogP contribution in [0.2, 0.25) is 0 Å². The van der Waals surface area contributed by atoms with Crippen molar-refractivity contribution in [2.24, 2.45) is 5.14 Å². The number of nitrogens with two attached hydrogens (primary N) is 2. The second-order valence-corrected chi connectivity index (χ2v) is 4.16. The molecule has 0 bridgehead atoms. The van der Waals surface area contributed by atoms with Gasteiger partial charge in [0.1, 0.15) is 0 Å². The molecule has 0 aromatic heterocycles. The lowest BCUT2D eigenvalue weighted by atomic mass is 10.3. The third kappa shape index (κ3) is 1.72. The molecule has 0 aliphatic heterocycles. The number of anilines is 1. The van der Waals surface area contributed by atoms with Crippen LogP contribution in [0.1, 0.15) is 0 Å². The average molecular weight is 170 g/mol. The molecule has 1 aromatic rings. The highest BCUT2D eigenvalue weighted by Crippen LogP contribution is 2.14. The topological polar surface area (TPSA) is 69.1 Å². The van der Waals surface area contributed by atoms with Crippen LogP contribution < -0.4 is 10.9 Å². The summed E-state index contributed by atoms with van der Waals surface area (Å²) in [5.41, 5.74) is 5.93. The van der Waals surface area contributed by atoms with Crippen molar-refractivity contribution in [1.82, 2.24) is 0 Å². The summed E-state index contributed by atoms with van der Waals surface area (Å²) in [7, 11) is -2.66. The molecule has 1 atom stereocenters. The van der Waals surface area contributed by atoms with Gasteiger partial charge in [-0.2, -0.15) is 0 Å². The normalized spacial score (nSPS) is 15.7. The van der Waals surface area contributed by atoms with Crippen LogP contribution in [0.4, 0.5) is 5.69 Å². The van der Waals surface area contributed by atoms with E-state index in [1.165, 1.54) is 0 Å². The van der Waals surface area contributed by atoms with E-state index in [1.807, 2.05) is 0 Å². The van der Waals surface area contributed by atoms with Crippen LogP contribution in [0.5, 0.6) is 0 Å². The van der Waals surface area contributed by atoms with E-state index in [1.54, 1.807) is 24.3 Å². The van der Waals surface area contributed by atoms with Crippen molar-refractivity contribution in [3.8, 4) is 0 Å². The lowest BCUT2D eigenvalue weighted by Crippen LogP contribution is -2.13. The second kappa shape index (κ2) is 2.56. The van der Waals surface area contributed by atoms with E-state index in [-0.39, 0.29) is 0 Å². The molecule has 0 aliphatic rings. The Morgan fingerprint density at radius 2 is 1.91 bits per heavy atom. The highest BCUT2D eigenvalue weighted by atomic mass is 32.2. The average Bonchev–Trinajstić information content (AvgIpc) is 1.86. The summed E-state index contributed by atoms with van der Waals surface area (Å²) >= 11 is 0. The smallest absolute Gasteiger partial charge is 0.0671 e. The fourth-order valence-electron chi connectivity index (χ4n) is 0.795. The van der Waals surface area contributed by atoms with Gasteiger partial charge < -0.3 is 5.73 Å². The fourth-order valence-corrected chi connectivity index (χ4v) is 1.57. The zero-order valence-electron chi connectivity index (χ0n) is 5.99. The number of benzene rings is 1.